The molecule has 9 nitrogen and oxygen atoms in total. The second kappa shape index (κ2) is 9.28. The summed E-state index contributed by atoms with van der Waals surface area (Å²) in [5.41, 5.74) is 2.96. The van der Waals surface area contributed by atoms with E-state index in [1.54, 1.807) is 24.2 Å². The molecule has 0 bridgehead atoms. The summed E-state index contributed by atoms with van der Waals surface area (Å²) in [6.07, 6.45) is 7.01. The summed E-state index contributed by atoms with van der Waals surface area (Å²) in [5, 5.41) is 15.4. The molecule has 1 saturated heterocycles. The molecular formula is C22H28N6O3. The van der Waals surface area contributed by atoms with Gasteiger partial charge in [-0.25, -0.2) is 19.7 Å². The van der Waals surface area contributed by atoms with Gasteiger partial charge in [0.05, 0.1) is 12.5 Å². The number of carbonyl (C=O) groups is 2. The first-order chi connectivity index (χ1) is 15.0. The van der Waals surface area contributed by atoms with Gasteiger partial charge in [0.1, 0.15) is 11.6 Å². The number of urea groups is 1. The molecule has 0 unspecified atom stereocenters. The van der Waals surface area contributed by atoms with Gasteiger partial charge in [-0.3, -0.25) is 4.79 Å². The zero-order valence-corrected chi connectivity index (χ0v) is 17.7. The van der Waals surface area contributed by atoms with Crippen LogP contribution in [0.15, 0.2) is 24.5 Å². The van der Waals surface area contributed by atoms with Crippen molar-refractivity contribution in [3.8, 4) is 0 Å². The number of hydrogen-bond donors (Lipinski definition) is 3. The summed E-state index contributed by atoms with van der Waals surface area (Å²) in [5.74, 6) is 1.05. The van der Waals surface area contributed by atoms with E-state index in [0.29, 0.717) is 30.4 Å². The van der Waals surface area contributed by atoms with Gasteiger partial charge in [0.15, 0.2) is 0 Å². The predicted octanol–water partition coefficient (Wildman–Crippen LogP) is 2.33. The molecule has 2 aliphatic rings. The number of aryl methyl sites for hydroxylation is 3. The first-order valence-electron chi connectivity index (χ1n) is 10.8. The minimum atomic E-state index is -0.987. The van der Waals surface area contributed by atoms with Gasteiger partial charge in [-0.15, -0.1) is 0 Å². The van der Waals surface area contributed by atoms with E-state index >= 15 is 0 Å². The van der Waals surface area contributed by atoms with Crippen LogP contribution in [0.4, 0.5) is 10.6 Å². The highest BCUT2D eigenvalue weighted by molar-refractivity contribution is 5.77. The van der Waals surface area contributed by atoms with Crippen molar-refractivity contribution in [2.75, 3.05) is 25.0 Å². The van der Waals surface area contributed by atoms with Crippen molar-refractivity contribution in [1.82, 2.24) is 25.2 Å². The van der Waals surface area contributed by atoms with Crippen LogP contribution >= 0.6 is 0 Å². The monoisotopic (exact) mass is 424 g/mol. The number of nitrogens with one attached hydrogen (secondary N) is 2. The number of fused-ring (bicyclic) bond motifs is 1. The van der Waals surface area contributed by atoms with Crippen LogP contribution in [0.1, 0.15) is 47.9 Å². The fraction of sp³-hybridized carbons (Fsp3) is 0.500. The van der Waals surface area contributed by atoms with E-state index in [4.69, 9.17) is 4.98 Å². The number of aromatic nitrogens is 3. The number of carboxylic acids is 1. The molecule has 2 amide bonds. The number of amides is 2. The summed E-state index contributed by atoms with van der Waals surface area (Å²) >= 11 is 0. The fourth-order valence-electron chi connectivity index (χ4n) is 4.03. The number of carboxylic acid groups (broad SMARTS) is 1. The van der Waals surface area contributed by atoms with Gasteiger partial charge in [0.2, 0.25) is 0 Å². The molecule has 0 spiro atoms. The first-order valence-corrected chi connectivity index (χ1v) is 10.8. The number of aliphatic carboxylic acids is 1. The van der Waals surface area contributed by atoms with Crippen LogP contribution in [-0.4, -0.2) is 56.6 Å². The van der Waals surface area contributed by atoms with E-state index < -0.39 is 12.0 Å². The maximum atomic E-state index is 12.6. The molecule has 2 aromatic heterocycles. The van der Waals surface area contributed by atoms with Crippen molar-refractivity contribution in [2.45, 2.75) is 45.1 Å². The number of anilines is 1. The Morgan fingerprint density at radius 2 is 2.06 bits per heavy atom. The molecule has 1 fully saturated rings. The lowest BCUT2D eigenvalue weighted by molar-refractivity contribution is -0.137. The van der Waals surface area contributed by atoms with Gasteiger partial charge in [-0.2, -0.15) is 0 Å². The molecule has 4 heterocycles. The van der Waals surface area contributed by atoms with Crippen LogP contribution in [0.3, 0.4) is 0 Å². The third kappa shape index (κ3) is 5.28. The quantitative estimate of drug-likeness (QED) is 0.624. The van der Waals surface area contributed by atoms with Gasteiger partial charge in [-0.1, -0.05) is 6.07 Å². The Morgan fingerprint density at radius 3 is 2.81 bits per heavy atom. The van der Waals surface area contributed by atoms with Gasteiger partial charge < -0.3 is 20.6 Å². The molecule has 31 heavy (non-hydrogen) atoms. The lowest BCUT2D eigenvalue weighted by Gasteiger charge is -2.40. The predicted molar refractivity (Wildman–Crippen MR) is 115 cm³/mol. The van der Waals surface area contributed by atoms with Crippen LogP contribution in [0.5, 0.6) is 0 Å². The fourth-order valence-corrected chi connectivity index (χ4v) is 4.03. The van der Waals surface area contributed by atoms with Crippen molar-refractivity contribution >= 4 is 17.8 Å². The molecule has 0 aliphatic carbocycles. The molecule has 0 aromatic carbocycles. The maximum absolute atomic E-state index is 12.6. The van der Waals surface area contributed by atoms with Crippen LogP contribution in [0, 0.1) is 12.8 Å². The summed E-state index contributed by atoms with van der Waals surface area (Å²) in [4.78, 5) is 38.5. The van der Waals surface area contributed by atoms with E-state index in [2.05, 4.69) is 32.7 Å². The lowest BCUT2D eigenvalue weighted by Crippen LogP contribution is -2.54. The minimum Gasteiger partial charge on any atom is -0.481 e. The second-order valence-corrected chi connectivity index (χ2v) is 8.31. The number of nitrogens with zero attached hydrogens (tertiary/aromatic N) is 4. The molecule has 9 heteroatoms. The molecule has 2 aliphatic heterocycles. The van der Waals surface area contributed by atoms with E-state index in [-0.39, 0.29) is 12.5 Å². The third-order valence-electron chi connectivity index (χ3n) is 5.88. The molecule has 0 radical (unpaired) electrons. The molecular weight excluding hydrogens is 396 g/mol. The maximum Gasteiger partial charge on any atom is 0.317 e. The lowest BCUT2D eigenvalue weighted by atomic mass is 9.93. The highest BCUT2D eigenvalue weighted by Crippen LogP contribution is 2.25. The molecule has 2 aromatic rings. The standard InChI is InChI=1S/C22H28N6O3/c1-14-24-10-17(11-25-14)19(9-20(29)30)27-22(31)28-12-15(13-28)4-6-18-7-5-16-3-2-8-23-21(16)26-18/h5,7,10-11,15,19H,2-4,6,8-9,12-13H2,1H3,(H,23,26)(H,27,31)(H,29,30)/t19-/m0/s1. The van der Waals surface area contributed by atoms with Gasteiger partial charge in [0.25, 0.3) is 0 Å². The minimum absolute atomic E-state index is 0.215. The zero-order chi connectivity index (χ0) is 21.8. The average Bonchev–Trinajstić information content (AvgIpc) is 2.72. The van der Waals surface area contributed by atoms with E-state index in [1.807, 2.05) is 0 Å². The number of pyridine rings is 1. The number of hydrogen-bond acceptors (Lipinski definition) is 6. The summed E-state index contributed by atoms with van der Waals surface area (Å²) < 4.78 is 0. The number of likely N-dealkylation sites (tertiary alicyclic amines) is 1. The largest absolute Gasteiger partial charge is 0.481 e. The van der Waals surface area contributed by atoms with Crippen molar-refractivity contribution in [3.05, 3.63) is 47.2 Å². The van der Waals surface area contributed by atoms with Crippen LogP contribution < -0.4 is 10.6 Å². The topological polar surface area (TPSA) is 120 Å². The molecule has 4 rings (SSSR count). The van der Waals surface area contributed by atoms with Crippen molar-refractivity contribution in [1.29, 1.82) is 0 Å². The average molecular weight is 425 g/mol. The third-order valence-corrected chi connectivity index (χ3v) is 5.88. The van der Waals surface area contributed by atoms with Crippen molar-refractivity contribution in [3.63, 3.8) is 0 Å². The molecule has 0 saturated carbocycles. The van der Waals surface area contributed by atoms with Crippen LogP contribution in [0.2, 0.25) is 0 Å². The number of carbonyl (C=O) groups excluding carboxylic acids is 1. The Bertz CT molecular complexity index is 943. The highest BCUT2D eigenvalue weighted by atomic mass is 16.4. The van der Waals surface area contributed by atoms with Crippen molar-refractivity contribution < 1.29 is 14.7 Å². The zero-order valence-electron chi connectivity index (χ0n) is 17.7. The van der Waals surface area contributed by atoms with Crippen molar-refractivity contribution in [2.24, 2.45) is 5.92 Å². The second-order valence-electron chi connectivity index (χ2n) is 8.31. The van der Waals surface area contributed by atoms with E-state index in [9.17, 15) is 14.7 Å². The van der Waals surface area contributed by atoms with Crippen LogP contribution in [0.25, 0.3) is 0 Å². The smallest absolute Gasteiger partial charge is 0.317 e. The van der Waals surface area contributed by atoms with Crippen LogP contribution in [-0.2, 0) is 17.6 Å². The van der Waals surface area contributed by atoms with E-state index in [0.717, 1.165) is 43.7 Å². The van der Waals surface area contributed by atoms with E-state index in [1.165, 1.54) is 5.56 Å². The summed E-state index contributed by atoms with van der Waals surface area (Å²) in [6.45, 7) is 4.07. The first kappa shape index (κ1) is 21.0. The molecule has 1 atom stereocenters. The van der Waals surface area contributed by atoms with Gasteiger partial charge in [-0.05, 0) is 50.2 Å². The van der Waals surface area contributed by atoms with Gasteiger partial charge >= 0.3 is 12.0 Å². The number of rotatable bonds is 7. The SMILES string of the molecule is Cc1ncc([C@H](CC(=O)O)NC(=O)N2CC(CCc3ccc4c(n3)NCCC4)C2)cn1. The molecule has 164 valence electrons. The normalized spacial score (nSPS) is 16.6. The Labute approximate surface area is 181 Å². The Kier molecular flexibility index (Phi) is 6.29. The molecule has 3 N–H and O–H groups in total. The van der Waals surface area contributed by atoms with Gasteiger partial charge in [0, 0.05) is 43.3 Å². The summed E-state index contributed by atoms with van der Waals surface area (Å²) in [6, 6.07) is 3.37. The Hall–Kier alpha value is -3.23. The summed E-state index contributed by atoms with van der Waals surface area (Å²) in [7, 11) is 0. The Balaban J connectivity index is 1.26. The highest BCUT2D eigenvalue weighted by Gasteiger charge is 2.32. The Morgan fingerprint density at radius 1 is 1.29 bits per heavy atom.